The standard InChI is InChI=1S/C63H123N2O6P/c1-6-8-10-12-14-16-18-20-22-24-26-28-29-30-31-32-33-34-35-37-39-41-43-45-47-49-51-53-55-57-63(67)64-61(60-71-72(68,69)70-59-58-65(3,4)5)62(66)56-54-52-50-48-46-44-42-40-38-36-27-25-23-21-19-17-15-13-11-9-7-2/h26,28,30-31,54,56,61-62,66H,6-25,27,29,32-53,55,57-60H2,1-5H3,(H-,64,67,68,69)/p+1/b28-26-,31-30-,56-54+. The van der Waals surface area contributed by atoms with Crippen molar-refractivity contribution in [3.05, 3.63) is 36.5 Å². The topological polar surface area (TPSA) is 105 Å². The van der Waals surface area contributed by atoms with Crippen molar-refractivity contribution in [2.24, 2.45) is 0 Å². The van der Waals surface area contributed by atoms with Gasteiger partial charge in [-0.1, -0.05) is 288 Å². The second-order valence-electron chi connectivity index (χ2n) is 22.8. The molecule has 0 spiro atoms. The average Bonchev–Trinajstić information content (AvgIpc) is 3.34. The van der Waals surface area contributed by atoms with Gasteiger partial charge in [-0.05, 0) is 51.4 Å². The van der Waals surface area contributed by atoms with E-state index in [1.165, 1.54) is 244 Å². The maximum absolute atomic E-state index is 13.0. The van der Waals surface area contributed by atoms with Crippen molar-refractivity contribution in [2.75, 3.05) is 40.9 Å². The second-order valence-corrected chi connectivity index (χ2v) is 24.2. The molecule has 0 aliphatic carbocycles. The number of carbonyl (C=O) groups excluding carboxylic acids is 1. The maximum atomic E-state index is 13.0. The van der Waals surface area contributed by atoms with Crippen LogP contribution in [-0.2, 0) is 18.4 Å². The van der Waals surface area contributed by atoms with E-state index in [2.05, 4.69) is 43.5 Å². The van der Waals surface area contributed by atoms with Crippen LogP contribution < -0.4 is 5.32 Å². The van der Waals surface area contributed by atoms with E-state index in [9.17, 15) is 19.4 Å². The first-order valence-corrected chi connectivity index (χ1v) is 32.9. The maximum Gasteiger partial charge on any atom is 0.472 e. The van der Waals surface area contributed by atoms with Crippen LogP contribution in [0.15, 0.2) is 36.5 Å². The zero-order chi connectivity index (χ0) is 52.7. The molecule has 0 aliphatic rings. The number of nitrogens with one attached hydrogen (secondary N) is 1. The van der Waals surface area contributed by atoms with E-state index in [1.54, 1.807) is 6.08 Å². The predicted octanol–water partition coefficient (Wildman–Crippen LogP) is 19.3. The molecule has 3 unspecified atom stereocenters. The van der Waals surface area contributed by atoms with Crippen LogP contribution in [0, 0.1) is 0 Å². The summed E-state index contributed by atoms with van der Waals surface area (Å²) in [5, 5.41) is 14.0. The summed E-state index contributed by atoms with van der Waals surface area (Å²) in [6, 6.07) is -0.847. The molecule has 0 heterocycles. The molecule has 1 amide bonds. The molecule has 3 N–H and O–H groups in total. The molecule has 9 heteroatoms. The van der Waals surface area contributed by atoms with Crippen LogP contribution in [0.2, 0.25) is 0 Å². The van der Waals surface area contributed by atoms with Crippen LogP contribution in [0.3, 0.4) is 0 Å². The van der Waals surface area contributed by atoms with Gasteiger partial charge in [0.2, 0.25) is 5.91 Å². The number of phosphoric ester groups is 1. The van der Waals surface area contributed by atoms with Crippen molar-refractivity contribution in [3.8, 4) is 0 Å². The summed E-state index contributed by atoms with van der Waals surface area (Å²) < 4.78 is 23.8. The van der Waals surface area contributed by atoms with Crippen LogP contribution >= 0.6 is 7.82 Å². The first-order chi connectivity index (χ1) is 35.0. The van der Waals surface area contributed by atoms with Crippen molar-refractivity contribution < 1.29 is 32.9 Å². The molecular weight excluding hydrogens is 912 g/mol. The number of aliphatic hydroxyl groups is 1. The average molecular weight is 1040 g/mol. The van der Waals surface area contributed by atoms with Crippen LogP contribution in [0.1, 0.15) is 309 Å². The molecule has 0 fully saturated rings. The Bertz CT molecular complexity index is 1270. The Morgan fingerprint density at radius 1 is 0.472 bits per heavy atom. The zero-order valence-electron chi connectivity index (χ0n) is 48.7. The second kappa shape index (κ2) is 54.5. The number of hydrogen-bond acceptors (Lipinski definition) is 5. The first kappa shape index (κ1) is 70.7. The number of phosphoric acid groups is 1. The smallest absolute Gasteiger partial charge is 0.387 e. The van der Waals surface area contributed by atoms with E-state index < -0.39 is 20.0 Å². The van der Waals surface area contributed by atoms with Gasteiger partial charge in [0, 0.05) is 6.42 Å². The molecule has 3 atom stereocenters. The number of allylic oxidation sites excluding steroid dienone is 5. The fourth-order valence-electron chi connectivity index (χ4n) is 9.43. The van der Waals surface area contributed by atoms with Gasteiger partial charge >= 0.3 is 7.82 Å². The van der Waals surface area contributed by atoms with Crippen LogP contribution in [-0.4, -0.2) is 73.4 Å². The number of carbonyl (C=O) groups is 1. The van der Waals surface area contributed by atoms with Crippen LogP contribution in [0.4, 0.5) is 0 Å². The summed E-state index contributed by atoms with van der Waals surface area (Å²) in [7, 11) is 1.58. The summed E-state index contributed by atoms with van der Waals surface area (Å²) in [5.74, 6) is -0.174. The van der Waals surface area contributed by atoms with Crippen LogP contribution in [0.25, 0.3) is 0 Å². The molecule has 8 nitrogen and oxygen atoms in total. The number of nitrogens with zero attached hydrogens (tertiary/aromatic N) is 1. The number of unbranched alkanes of at least 4 members (excludes halogenated alkanes) is 41. The van der Waals surface area contributed by atoms with Gasteiger partial charge in [-0.2, -0.15) is 0 Å². The highest BCUT2D eigenvalue weighted by Crippen LogP contribution is 2.43. The third-order valence-corrected chi connectivity index (χ3v) is 15.3. The molecule has 0 saturated carbocycles. The van der Waals surface area contributed by atoms with Gasteiger partial charge < -0.3 is 19.8 Å². The Morgan fingerprint density at radius 3 is 1.14 bits per heavy atom. The van der Waals surface area contributed by atoms with Gasteiger partial charge in [-0.3, -0.25) is 13.8 Å². The van der Waals surface area contributed by atoms with E-state index in [-0.39, 0.29) is 19.1 Å². The molecular formula is C63H124N2O6P+. The minimum absolute atomic E-state index is 0.0624. The van der Waals surface area contributed by atoms with E-state index in [1.807, 2.05) is 27.2 Å². The molecule has 0 aromatic heterocycles. The van der Waals surface area contributed by atoms with E-state index >= 15 is 0 Å². The van der Waals surface area contributed by atoms with Gasteiger partial charge in [-0.15, -0.1) is 0 Å². The molecule has 426 valence electrons. The van der Waals surface area contributed by atoms with Gasteiger partial charge in [0.15, 0.2) is 0 Å². The van der Waals surface area contributed by atoms with Crippen molar-refractivity contribution in [3.63, 3.8) is 0 Å². The van der Waals surface area contributed by atoms with Gasteiger partial charge in [0.25, 0.3) is 0 Å². The van der Waals surface area contributed by atoms with Crippen molar-refractivity contribution in [1.82, 2.24) is 5.32 Å². The fraction of sp³-hybridized carbons (Fsp3) is 0.889. The number of likely N-dealkylation sites (N-methyl/N-ethyl adjacent to an activating group) is 1. The third kappa shape index (κ3) is 56.4. The van der Waals surface area contributed by atoms with Crippen molar-refractivity contribution >= 4 is 13.7 Å². The quantitative estimate of drug-likeness (QED) is 0.0243. The lowest BCUT2D eigenvalue weighted by atomic mass is 10.0. The first-order valence-electron chi connectivity index (χ1n) is 31.4. The van der Waals surface area contributed by atoms with Gasteiger partial charge in [0.05, 0.1) is 39.9 Å². The van der Waals surface area contributed by atoms with E-state index in [4.69, 9.17) is 9.05 Å². The lowest BCUT2D eigenvalue weighted by molar-refractivity contribution is -0.870. The SMILES string of the molecule is CCCCCCCCCCC/C=C\C/C=C\CCCCCCCCCCCCCCCC(=O)NC(COP(=O)(O)OCC[N+](C)(C)C)C(O)/C=C/CCCCCCCCCCCCCCCCCCCCC. The monoisotopic (exact) mass is 1040 g/mol. The number of hydrogen-bond donors (Lipinski definition) is 3. The molecule has 0 aromatic rings. The van der Waals surface area contributed by atoms with Gasteiger partial charge in [-0.25, -0.2) is 4.57 Å². The summed E-state index contributed by atoms with van der Waals surface area (Å²) >= 11 is 0. The molecule has 72 heavy (non-hydrogen) atoms. The lowest BCUT2D eigenvalue weighted by Crippen LogP contribution is -2.45. The number of rotatable bonds is 58. The minimum Gasteiger partial charge on any atom is -0.387 e. The third-order valence-electron chi connectivity index (χ3n) is 14.4. The largest absolute Gasteiger partial charge is 0.472 e. The molecule has 0 bridgehead atoms. The fourth-order valence-corrected chi connectivity index (χ4v) is 10.2. The summed E-state index contributed by atoms with van der Waals surface area (Å²) in [4.78, 5) is 23.4. The predicted molar refractivity (Wildman–Crippen MR) is 314 cm³/mol. The zero-order valence-corrected chi connectivity index (χ0v) is 49.6. The minimum atomic E-state index is -4.35. The van der Waals surface area contributed by atoms with Crippen LogP contribution in [0.5, 0.6) is 0 Å². The molecule has 0 radical (unpaired) electrons. The highest BCUT2D eigenvalue weighted by molar-refractivity contribution is 7.47. The Kier molecular flexibility index (Phi) is 53.5. The molecule has 0 aromatic carbocycles. The molecule has 0 aliphatic heterocycles. The Hall–Kier alpha value is -1.28. The summed E-state index contributed by atoms with van der Waals surface area (Å²) in [6.45, 7) is 4.86. The lowest BCUT2D eigenvalue weighted by Gasteiger charge is -2.25. The highest BCUT2D eigenvalue weighted by Gasteiger charge is 2.27. The Morgan fingerprint density at radius 2 is 0.792 bits per heavy atom. The normalized spacial score (nSPS) is 14.0. The Labute approximate surface area is 448 Å². The van der Waals surface area contributed by atoms with Gasteiger partial charge in [0.1, 0.15) is 13.2 Å². The highest BCUT2D eigenvalue weighted by atomic mass is 31.2. The van der Waals surface area contributed by atoms with Crippen molar-refractivity contribution in [2.45, 2.75) is 321 Å². The Balaban J connectivity index is 4.13. The molecule has 0 rings (SSSR count). The van der Waals surface area contributed by atoms with Crippen molar-refractivity contribution in [1.29, 1.82) is 0 Å². The molecule has 0 saturated heterocycles. The number of amides is 1. The van der Waals surface area contributed by atoms with E-state index in [0.717, 1.165) is 44.9 Å². The summed E-state index contributed by atoms with van der Waals surface area (Å²) in [6.07, 6.45) is 71.1. The number of quaternary nitrogens is 1. The number of aliphatic hydroxyl groups excluding tert-OH is 1. The summed E-state index contributed by atoms with van der Waals surface area (Å²) in [5.41, 5.74) is 0. The van der Waals surface area contributed by atoms with E-state index in [0.29, 0.717) is 17.4 Å².